The van der Waals surface area contributed by atoms with Gasteiger partial charge in [-0.25, -0.2) is 9.69 Å². The van der Waals surface area contributed by atoms with Gasteiger partial charge in [-0.05, 0) is 44.2 Å². The molecule has 6 heteroatoms. The number of urea groups is 1. The van der Waals surface area contributed by atoms with Crippen LogP contribution in [0.15, 0.2) is 78.9 Å². The number of hydrogen-bond donors (Lipinski definition) is 0. The first kappa shape index (κ1) is 20.0. The summed E-state index contributed by atoms with van der Waals surface area (Å²) in [6, 6.07) is 23.4. The van der Waals surface area contributed by atoms with Crippen molar-refractivity contribution < 1.29 is 14.3 Å². The van der Waals surface area contributed by atoms with E-state index in [1.807, 2.05) is 54.6 Å². The number of carbonyl (C=O) groups excluding carboxylic acids is 2. The van der Waals surface area contributed by atoms with E-state index in [1.165, 1.54) is 0 Å². The molecule has 0 saturated carbocycles. The monoisotopic (exact) mass is 420 g/mol. The van der Waals surface area contributed by atoms with Gasteiger partial charge in [-0.3, -0.25) is 4.79 Å². The number of hydrogen-bond acceptors (Lipinski definition) is 3. The Morgan fingerprint density at radius 1 is 0.867 bits per heavy atom. The fourth-order valence-electron chi connectivity index (χ4n) is 3.47. The molecule has 5 nitrogen and oxygen atoms in total. The average Bonchev–Trinajstić information content (AvgIpc) is 2.90. The second-order valence-electron chi connectivity index (χ2n) is 7.54. The van der Waals surface area contributed by atoms with E-state index in [1.54, 1.807) is 43.0 Å². The van der Waals surface area contributed by atoms with Crippen molar-refractivity contribution in [1.29, 1.82) is 0 Å². The fraction of sp³-hybridized carbons (Fsp3) is 0.167. The lowest BCUT2D eigenvalue weighted by Gasteiger charge is -2.28. The van der Waals surface area contributed by atoms with Crippen LogP contribution in [-0.2, 0) is 11.3 Å². The van der Waals surface area contributed by atoms with Gasteiger partial charge >= 0.3 is 6.03 Å². The molecule has 0 bridgehead atoms. The van der Waals surface area contributed by atoms with Crippen molar-refractivity contribution in [1.82, 2.24) is 4.90 Å². The number of imide groups is 1. The van der Waals surface area contributed by atoms with Gasteiger partial charge in [-0.15, -0.1) is 0 Å². The van der Waals surface area contributed by atoms with E-state index < -0.39 is 11.6 Å². The molecule has 0 aliphatic carbocycles. The average molecular weight is 421 g/mol. The lowest BCUT2D eigenvalue weighted by molar-refractivity contribution is -0.123. The zero-order valence-electron chi connectivity index (χ0n) is 16.7. The molecule has 3 aromatic carbocycles. The first-order valence-electron chi connectivity index (χ1n) is 9.61. The van der Waals surface area contributed by atoms with E-state index in [2.05, 4.69) is 0 Å². The molecular formula is C24H21ClN2O3. The molecule has 0 aromatic heterocycles. The minimum atomic E-state index is -1.03. The summed E-state index contributed by atoms with van der Waals surface area (Å²) in [5, 5.41) is 0.352. The smallest absolute Gasteiger partial charge is 0.332 e. The molecule has 0 unspecified atom stereocenters. The van der Waals surface area contributed by atoms with Crippen molar-refractivity contribution in [3.05, 3.63) is 89.4 Å². The van der Waals surface area contributed by atoms with Gasteiger partial charge in [0.25, 0.3) is 5.91 Å². The van der Waals surface area contributed by atoms with Crippen LogP contribution < -0.4 is 9.64 Å². The van der Waals surface area contributed by atoms with E-state index >= 15 is 0 Å². The maximum absolute atomic E-state index is 13.3. The number of para-hydroxylation sites is 3. The summed E-state index contributed by atoms with van der Waals surface area (Å²) in [5.41, 5.74) is 0.158. The molecule has 1 aliphatic rings. The van der Waals surface area contributed by atoms with Crippen LogP contribution >= 0.6 is 11.6 Å². The van der Waals surface area contributed by atoms with Gasteiger partial charge in [0.2, 0.25) is 0 Å². The lowest BCUT2D eigenvalue weighted by Crippen LogP contribution is -2.43. The van der Waals surface area contributed by atoms with E-state index in [-0.39, 0.29) is 12.5 Å². The van der Waals surface area contributed by atoms with Crippen LogP contribution in [-0.4, -0.2) is 22.4 Å². The number of amides is 3. The molecule has 3 amide bonds. The molecular weight excluding hydrogens is 400 g/mol. The summed E-state index contributed by atoms with van der Waals surface area (Å²) in [4.78, 5) is 29.1. The normalized spacial score (nSPS) is 15.6. The molecule has 0 N–H and O–H groups in total. The number of carbonyl (C=O) groups is 2. The number of ether oxygens (including phenoxy) is 1. The lowest BCUT2D eigenvalue weighted by atomic mass is 10.0. The van der Waals surface area contributed by atoms with Crippen LogP contribution in [0.4, 0.5) is 10.5 Å². The van der Waals surface area contributed by atoms with Gasteiger partial charge in [0.05, 0.1) is 17.3 Å². The zero-order chi connectivity index (χ0) is 21.3. The van der Waals surface area contributed by atoms with Gasteiger partial charge < -0.3 is 9.64 Å². The first-order chi connectivity index (χ1) is 14.4. The fourth-order valence-corrected chi connectivity index (χ4v) is 3.69. The molecule has 1 aliphatic heterocycles. The Labute approximate surface area is 180 Å². The van der Waals surface area contributed by atoms with Crippen LogP contribution in [0.25, 0.3) is 0 Å². The quantitative estimate of drug-likeness (QED) is 0.484. The number of halogens is 1. The first-order valence-corrected chi connectivity index (χ1v) is 9.99. The van der Waals surface area contributed by atoms with Crippen LogP contribution in [0.3, 0.4) is 0 Å². The van der Waals surface area contributed by atoms with Crippen LogP contribution in [0.1, 0.15) is 19.4 Å². The van der Waals surface area contributed by atoms with Crippen molar-refractivity contribution in [2.45, 2.75) is 25.9 Å². The molecule has 0 spiro atoms. The predicted octanol–water partition coefficient (Wildman–Crippen LogP) is 5.88. The third-order valence-corrected chi connectivity index (χ3v) is 5.51. The van der Waals surface area contributed by atoms with E-state index in [0.717, 1.165) is 10.5 Å². The van der Waals surface area contributed by atoms with Gasteiger partial charge in [0.1, 0.15) is 17.0 Å². The number of rotatable bonds is 5. The van der Waals surface area contributed by atoms with Crippen molar-refractivity contribution >= 4 is 29.2 Å². The molecule has 3 aromatic rings. The Balaban J connectivity index is 1.66. The highest BCUT2D eigenvalue weighted by Crippen LogP contribution is 2.37. The molecule has 0 radical (unpaired) electrons. The minimum absolute atomic E-state index is 0.224. The zero-order valence-corrected chi connectivity index (χ0v) is 17.5. The Hall–Kier alpha value is -3.31. The summed E-state index contributed by atoms with van der Waals surface area (Å²) in [6.07, 6.45) is 0. The Morgan fingerprint density at radius 2 is 1.50 bits per heavy atom. The molecule has 1 fully saturated rings. The van der Waals surface area contributed by atoms with Crippen LogP contribution in [0, 0.1) is 0 Å². The molecule has 30 heavy (non-hydrogen) atoms. The van der Waals surface area contributed by atoms with E-state index in [0.29, 0.717) is 22.2 Å². The minimum Gasteiger partial charge on any atom is -0.457 e. The number of nitrogens with zero attached hydrogens (tertiary/aromatic N) is 2. The van der Waals surface area contributed by atoms with Gasteiger partial charge in [0.15, 0.2) is 0 Å². The molecule has 4 rings (SSSR count). The third-order valence-electron chi connectivity index (χ3n) is 5.19. The molecule has 1 saturated heterocycles. The van der Waals surface area contributed by atoms with Gasteiger partial charge in [0, 0.05) is 5.56 Å². The summed E-state index contributed by atoms with van der Waals surface area (Å²) in [6.45, 7) is 3.71. The molecule has 1 heterocycles. The Bertz CT molecular complexity index is 1100. The van der Waals surface area contributed by atoms with Gasteiger partial charge in [-0.1, -0.05) is 60.1 Å². The number of benzene rings is 3. The highest BCUT2D eigenvalue weighted by Gasteiger charge is 2.52. The standard InChI is InChI=1S/C24H21ClN2O3/c1-24(2)22(28)27(20-14-8-7-13-19(20)25)23(29)26(24)16-17-10-6-9-15-21(17)30-18-11-4-3-5-12-18/h3-15H,16H2,1-2H3. The molecule has 0 atom stereocenters. The summed E-state index contributed by atoms with van der Waals surface area (Å²) in [5.74, 6) is 1.02. The van der Waals surface area contributed by atoms with Crippen LogP contribution in [0.2, 0.25) is 5.02 Å². The maximum Gasteiger partial charge on any atom is 0.332 e. The third kappa shape index (κ3) is 3.53. The SMILES string of the molecule is CC1(C)C(=O)N(c2ccccc2Cl)C(=O)N1Cc1ccccc1Oc1ccccc1. The largest absolute Gasteiger partial charge is 0.457 e. The second-order valence-corrected chi connectivity index (χ2v) is 7.95. The summed E-state index contributed by atoms with van der Waals surface area (Å²) < 4.78 is 6.02. The van der Waals surface area contributed by atoms with Gasteiger partial charge in [-0.2, -0.15) is 0 Å². The van der Waals surface area contributed by atoms with Crippen molar-refractivity contribution in [3.8, 4) is 11.5 Å². The Kier molecular flexibility index (Phi) is 5.22. The predicted molar refractivity (Wildman–Crippen MR) is 117 cm³/mol. The number of anilines is 1. The highest BCUT2D eigenvalue weighted by molar-refractivity contribution is 6.36. The maximum atomic E-state index is 13.3. The topological polar surface area (TPSA) is 49.9 Å². The summed E-state index contributed by atoms with van der Waals surface area (Å²) >= 11 is 6.27. The Morgan fingerprint density at radius 3 is 2.23 bits per heavy atom. The summed E-state index contributed by atoms with van der Waals surface area (Å²) in [7, 11) is 0. The van der Waals surface area contributed by atoms with E-state index in [4.69, 9.17) is 16.3 Å². The molecule has 152 valence electrons. The van der Waals surface area contributed by atoms with Crippen LogP contribution in [0.5, 0.6) is 11.5 Å². The highest BCUT2D eigenvalue weighted by atomic mass is 35.5. The van der Waals surface area contributed by atoms with E-state index in [9.17, 15) is 9.59 Å². The van der Waals surface area contributed by atoms with Crippen molar-refractivity contribution in [2.75, 3.05) is 4.90 Å². The second kappa shape index (κ2) is 7.84. The van der Waals surface area contributed by atoms with Crippen molar-refractivity contribution in [2.24, 2.45) is 0 Å². The van der Waals surface area contributed by atoms with Crippen molar-refractivity contribution in [3.63, 3.8) is 0 Å².